The molecular formula is C23H21N3O3S. The zero-order valence-corrected chi connectivity index (χ0v) is 17.9. The number of thiophene rings is 1. The van der Waals surface area contributed by atoms with E-state index in [0.717, 1.165) is 33.7 Å². The van der Waals surface area contributed by atoms with E-state index in [9.17, 15) is 14.7 Å². The molecule has 0 saturated carbocycles. The second kappa shape index (κ2) is 7.42. The average molecular weight is 420 g/mol. The van der Waals surface area contributed by atoms with Crippen LogP contribution in [0, 0.1) is 20.8 Å². The van der Waals surface area contributed by atoms with Crippen LogP contribution in [0.1, 0.15) is 33.3 Å². The van der Waals surface area contributed by atoms with Gasteiger partial charge in [-0.1, -0.05) is 24.3 Å². The molecule has 0 unspecified atom stereocenters. The maximum absolute atomic E-state index is 13.0. The van der Waals surface area contributed by atoms with Gasteiger partial charge in [0.05, 0.1) is 10.6 Å². The summed E-state index contributed by atoms with van der Waals surface area (Å²) in [6.07, 6.45) is 1.94. The number of para-hydroxylation sites is 1. The predicted molar refractivity (Wildman–Crippen MR) is 119 cm³/mol. The number of nitrogens with zero attached hydrogens (tertiary/aromatic N) is 3. The number of carbonyl (C=O) groups excluding carboxylic acids is 1. The number of imidazole rings is 1. The molecule has 0 atom stereocenters. The van der Waals surface area contributed by atoms with Crippen molar-refractivity contribution in [2.75, 3.05) is 4.90 Å². The van der Waals surface area contributed by atoms with E-state index in [2.05, 4.69) is 0 Å². The number of carboxylic acid groups (broad SMARTS) is 1. The van der Waals surface area contributed by atoms with Crippen molar-refractivity contribution >= 4 is 40.4 Å². The van der Waals surface area contributed by atoms with E-state index in [-0.39, 0.29) is 10.8 Å². The first-order valence-electron chi connectivity index (χ1n) is 9.47. The van der Waals surface area contributed by atoms with Crippen LogP contribution in [0.4, 0.5) is 11.5 Å². The van der Waals surface area contributed by atoms with Crippen LogP contribution in [-0.2, 0) is 4.79 Å². The minimum absolute atomic E-state index is 0.146. The molecular weight excluding hydrogens is 398 g/mol. The molecule has 1 amide bonds. The predicted octanol–water partition coefficient (Wildman–Crippen LogP) is 5.37. The molecule has 0 aliphatic heterocycles. The standard InChI is InChI=1S/C23H21N3O3S/c1-13-8-11-19-24-20(17-9-10-18(30-17)23(28)29)22(25(19)12-13)26(16(4)27)21-14(2)6-5-7-15(21)3/h5-12H,1-4H3,(H,28,29). The van der Waals surface area contributed by atoms with E-state index >= 15 is 0 Å². The van der Waals surface area contributed by atoms with Gasteiger partial charge in [0.15, 0.2) is 5.82 Å². The molecule has 6 nitrogen and oxygen atoms in total. The molecule has 152 valence electrons. The number of hydrogen-bond acceptors (Lipinski definition) is 4. The second-order valence-corrected chi connectivity index (χ2v) is 8.37. The summed E-state index contributed by atoms with van der Waals surface area (Å²) in [6.45, 7) is 7.45. The van der Waals surface area contributed by atoms with Gasteiger partial charge in [-0.05, 0) is 55.7 Å². The first-order valence-corrected chi connectivity index (χ1v) is 10.3. The number of anilines is 2. The molecule has 0 fully saturated rings. The van der Waals surface area contributed by atoms with Gasteiger partial charge < -0.3 is 5.11 Å². The Morgan fingerprint density at radius 1 is 1.03 bits per heavy atom. The quantitative estimate of drug-likeness (QED) is 0.482. The Morgan fingerprint density at radius 3 is 2.33 bits per heavy atom. The fourth-order valence-electron chi connectivity index (χ4n) is 3.67. The normalized spacial score (nSPS) is 11.1. The Morgan fingerprint density at radius 2 is 1.73 bits per heavy atom. The summed E-state index contributed by atoms with van der Waals surface area (Å²) < 4.78 is 1.90. The van der Waals surface area contributed by atoms with Gasteiger partial charge in [-0.2, -0.15) is 0 Å². The SMILES string of the molecule is CC(=O)N(c1c(C)cccc1C)c1c(-c2ccc(C(=O)O)s2)nc2ccc(C)cn12. The average Bonchev–Trinajstić information content (AvgIpc) is 3.29. The molecule has 0 bridgehead atoms. The van der Waals surface area contributed by atoms with Gasteiger partial charge in [0.1, 0.15) is 16.2 Å². The van der Waals surface area contributed by atoms with Gasteiger partial charge in [-0.15, -0.1) is 11.3 Å². The zero-order chi connectivity index (χ0) is 21.6. The summed E-state index contributed by atoms with van der Waals surface area (Å²) in [7, 11) is 0. The molecule has 3 heterocycles. The maximum Gasteiger partial charge on any atom is 0.345 e. The lowest BCUT2D eigenvalue weighted by molar-refractivity contribution is -0.115. The number of aromatic nitrogens is 2. The Bertz CT molecular complexity index is 1280. The summed E-state index contributed by atoms with van der Waals surface area (Å²) in [6, 6.07) is 13.1. The van der Waals surface area contributed by atoms with Crippen molar-refractivity contribution in [2.24, 2.45) is 0 Å². The fourth-order valence-corrected chi connectivity index (χ4v) is 4.50. The van der Waals surface area contributed by atoms with Crippen LogP contribution in [0.5, 0.6) is 0 Å². The zero-order valence-electron chi connectivity index (χ0n) is 17.1. The molecule has 0 saturated heterocycles. The minimum atomic E-state index is -0.981. The largest absolute Gasteiger partial charge is 0.477 e. The van der Waals surface area contributed by atoms with Crippen LogP contribution in [0.3, 0.4) is 0 Å². The van der Waals surface area contributed by atoms with Crippen molar-refractivity contribution in [2.45, 2.75) is 27.7 Å². The van der Waals surface area contributed by atoms with Gasteiger partial charge in [0.2, 0.25) is 5.91 Å². The number of carboxylic acids is 1. The summed E-state index contributed by atoms with van der Waals surface area (Å²) in [5.74, 6) is -0.519. The first-order chi connectivity index (χ1) is 14.3. The number of pyridine rings is 1. The highest BCUT2D eigenvalue weighted by Crippen LogP contribution is 2.41. The topological polar surface area (TPSA) is 74.9 Å². The van der Waals surface area contributed by atoms with Crippen molar-refractivity contribution in [3.8, 4) is 10.6 Å². The summed E-state index contributed by atoms with van der Waals surface area (Å²) in [5, 5.41) is 9.36. The molecule has 4 rings (SSSR count). The number of aromatic carboxylic acids is 1. The van der Waals surface area contributed by atoms with Crippen molar-refractivity contribution < 1.29 is 14.7 Å². The molecule has 30 heavy (non-hydrogen) atoms. The highest BCUT2D eigenvalue weighted by atomic mass is 32.1. The number of benzene rings is 1. The Hall–Kier alpha value is -3.45. The van der Waals surface area contributed by atoms with Crippen LogP contribution in [0.25, 0.3) is 16.2 Å². The van der Waals surface area contributed by atoms with Gasteiger partial charge in [-0.25, -0.2) is 9.78 Å². The van der Waals surface area contributed by atoms with E-state index in [1.807, 2.05) is 61.7 Å². The van der Waals surface area contributed by atoms with Crippen molar-refractivity contribution in [1.82, 2.24) is 9.38 Å². The van der Waals surface area contributed by atoms with E-state index < -0.39 is 5.97 Å². The minimum Gasteiger partial charge on any atom is -0.477 e. The molecule has 0 aliphatic carbocycles. The van der Waals surface area contributed by atoms with Crippen LogP contribution < -0.4 is 4.90 Å². The molecule has 1 N–H and O–H groups in total. The van der Waals surface area contributed by atoms with Crippen molar-refractivity contribution in [3.63, 3.8) is 0 Å². The number of aryl methyl sites for hydroxylation is 3. The lowest BCUT2D eigenvalue weighted by Gasteiger charge is -2.25. The third-order valence-electron chi connectivity index (χ3n) is 4.98. The van der Waals surface area contributed by atoms with Gasteiger partial charge in [0, 0.05) is 13.1 Å². The van der Waals surface area contributed by atoms with E-state index in [1.54, 1.807) is 17.0 Å². The molecule has 1 aromatic carbocycles. The second-order valence-electron chi connectivity index (χ2n) is 7.28. The van der Waals surface area contributed by atoms with Gasteiger partial charge >= 0.3 is 5.97 Å². The lowest BCUT2D eigenvalue weighted by atomic mass is 10.1. The number of rotatable bonds is 4. The first kappa shape index (κ1) is 19.8. The highest BCUT2D eigenvalue weighted by Gasteiger charge is 2.27. The Balaban J connectivity index is 2.07. The smallest absolute Gasteiger partial charge is 0.345 e. The van der Waals surface area contributed by atoms with Crippen LogP contribution in [0.2, 0.25) is 0 Å². The van der Waals surface area contributed by atoms with Crippen LogP contribution in [-0.4, -0.2) is 26.4 Å². The van der Waals surface area contributed by atoms with E-state index in [0.29, 0.717) is 22.0 Å². The number of amides is 1. The lowest BCUT2D eigenvalue weighted by Crippen LogP contribution is -2.26. The molecule has 7 heteroatoms. The maximum atomic E-state index is 13.0. The van der Waals surface area contributed by atoms with Crippen LogP contribution >= 0.6 is 11.3 Å². The monoisotopic (exact) mass is 419 g/mol. The van der Waals surface area contributed by atoms with E-state index in [4.69, 9.17) is 4.98 Å². The van der Waals surface area contributed by atoms with Crippen LogP contribution in [0.15, 0.2) is 48.7 Å². The van der Waals surface area contributed by atoms with Crippen molar-refractivity contribution in [3.05, 3.63) is 70.2 Å². The van der Waals surface area contributed by atoms with Crippen molar-refractivity contribution in [1.29, 1.82) is 0 Å². The number of fused-ring (bicyclic) bond motifs is 1. The van der Waals surface area contributed by atoms with Gasteiger partial charge in [0.25, 0.3) is 0 Å². The third kappa shape index (κ3) is 3.27. The summed E-state index contributed by atoms with van der Waals surface area (Å²) in [4.78, 5) is 31.8. The highest BCUT2D eigenvalue weighted by molar-refractivity contribution is 7.17. The Kier molecular flexibility index (Phi) is 4.91. The molecule has 0 spiro atoms. The number of carbonyl (C=O) groups is 2. The molecule has 3 aromatic heterocycles. The molecule has 0 radical (unpaired) electrons. The third-order valence-corrected chi connectivity index (χ3v) is 6.06. The number of hydrogen-bond donors (Lipinski definition) is 1. The van der Waals surface area contributed by atoms with Gasteiger partial charge in [-0.3, -0.25) is 14.1 Å². The fraction of sp³-hybridized carbons (Fsp3) is 0.174. The van der Waals surface area contributed by atoms with E-state index in [1.165, 1.54) is 6.92 Å². The molecule has 4 aromatic rings. The summed E-state index contributed by atoms with van der Waals surface area (Å²) >= 11 is 1.15. The Labute approximate surface area is 178 Å². The summed E-state index contributed by atoms with van der Waals surface area (Å²) in [5.41, 5.74) is 5.04. The molecule has 0 aliphatic rings.